The van der Waals surface area contributed by atoms with Crippen LogP contribution in [0.5, 0.6) is 5.75 Å². The molecule has 0 heterocycles. The Hall–Kier alpha value is -3.18. The molecule has 0 aromatic heterocycles. The van der Waals surface area contributed by atoms with Crippen LogP contribution >= 0.6 is 11.6 Å². The number of rotatable bonds is 4. The minimum atomic E-state index is -2.68. The van der Waals surface area contributed by atoms with Crippen molar-refractivity contribution in [3.63, 3.8) is 0 Å². The summed E-state index contributed by atoms with van der Waals surface area (Å²) in [5, 5.41) is 53.4. The number of hydrogen-bond acceptors (Lipinski definition) is 9. The Morgan fingerprint density at radius 2 is 1.91 bits per heavy atom. The van der Waals surface area contributed by atoms with Crippen molar-refractivity contribution in [2.75, 3.05) is 20.7 Å². The van der Waals surface area contributed by atoms with E-state index in [1.807, 2.05) is 0 Å². The van der Waals surface area contributed by atoms with E-state index in [1.54, 1.807) is 6.07 Å². The Labute approximate surface area is 205 Å². The molecule has 186 valence electrons. The fourth-order valence-corrected chi connectivity index (χ4v) is 5.74. The molecule has 1 aromatic carbocycles. The maximum absolute atomic E-state index is 13.7. The highest BCUT2D eigenvalue weighted by Gasteiger charge is 2.64. The summed E-state index contributed by atoms with van der Waals surface area (Å²) < 4.78 is 0. The maximum atomic E-state index is 13.7. The van der Waals surface area contributed by atoms with Crippen molar-refractivity contribution in [1.29, 1.82) is 0 Å². The molecule has 4 rings (SSSR count). The summed E-state index contributed by atoms with van der Waals surface area (Å²) in [5.74, 6) is -7.08. The van der Waals surface area contributed by atoms with Crippen molar-refractivity contribution in [3.05, 3.63) is 50.8 Å². The van der Waals surface area contributed by atoms with Gasteiger partial charge in [-0.25, -0.2) is 0 Å². The number of hydrogen-bond donors (Lipinski definition) is 6. The van der Waals surface area contributed by atoms with Gasteiger partial charge in [0.25, 0.3) is 5.91 Å². The van der Waals surface area contributed by atoms with Gasteiger partial charge in [0.1, 0.15) is 22.8 Å². The Kier molecular flexibility index (Phi) is 6.05. The molecular formula is C24H25ClN2O8. The van der Waals surface area contributed by atoms with Crippen LogP contribution in [0.2, 0.25) is 0 Å². The standard InChI is InChI=1S/C24H25ClN2O8/c1-27(2)18-13-7-10-6-12-9(5-11(25)8-28)3-4-14(29)16(12)19(30)15(10)21(32)24(13,35)22(33)17(20(18)31)23(26)34/h3-5,10,13,18,28-30,33,35H,6-8H2,1-2H3,(H2,26,34)/b11-5-/t10-,13+,18-,24+/m1/s1. The molecule has 4 atom stereocenters. The monoisotopic (exact) mass is 504 g/mol. The largest absolute Gasteiger partial charge is 0.508 e. The normalized spacial score (nSPS) is 28.7. The maximum Gasteiger partial charge on any atom is 0.255 e. The van der Waals surface area contributed by atoms with Crippen molar-refractivity contribution in [2.45, 2.75) is 24.5 Å². The summed E-state index contributed by atoms with van der Waals surface area (Å²) in [4.78, 5) is 40.2. The molecule has 1 fully saturated rings. The minimum absolute atomic E-state index is 0.0156. The summed E-state index contributed by atoms with van der Waals surface area (Å²) in [5.41, 5.74) is 2.44. The molecule has 11 heteroatoms. The molecule has 3 aliphatic carbocycles. The fourth-order valence-electron chi connectivity index (χ4n) is 5.62. The summed E-state index contributed by atoms with van der Waals surface area (Å²) >= 11 is 5.99. The first-order valence-corrected chi connectivity index (χ1v) is 11.2. The molecule has 0 radical (unpaired) electrons. The number of ketones is 2. The number of phenols is 1. The molecule has 1 saturated carbocycles. The number of primary amides is 1. The van der Waals surface area contributed by atoms with E-state index in [4.69, 9.17) is 17.3 Å². The quantitative estimate of drug-likeness (QED) is 0.319. The van der Waals surface area contributed by atoms with Gasteiger partial charge in [-0.05, 0) is 56.1 Å². The van der Waals surface area contributed by atoms with Crippen LogP contribution in [0.15, 0.2) is 34.1 Å². The molecule has 0 unspecified atom stereocenters. The van der Waals surface area contributed by atoms with E-state index < -0.39 is 64.7 Å². The average molecular weight is 505 g/mol. The highest BCUT2D eigenvalue weighted by atomic mass is 35.5. The third-order valence-corrected chi connectivity index (χ3v) is 7.33. The molecule has 1 aromatic rings. The highest BCUT2D eigenvalue weighted by Crippen LogP contribution is 2.53. The Balaban J connectivity index is 1.97. The molecule has 1 amide bonds. The SMILES string of the molecule is CN(C)[C@H]1C(=O)C(C(N)=O)=C(O)[C@@]2(O)C(=O)C3=C(O)c4c(O)ccc(/C=C(\Cl)CO)c4C[C@@H]3C[C@@H]12. The first-order chi connectivity index (χ1) is 16.4. The van der Waals surface area contributed by atoms with Gasteiger partial charge >= 0.3 is 0 Å². The lowest BCUT2D eigenvalue weighted by molar-refractivity contribution is -0.153. The number of nitrogens with zero attached hydrogens (tertiary/aromatic N) is 1. The van der Waals surface area contributed by atoms with E-state index in [1.165, 1.54) is 31.1 Å². The second kappa shape index (κ2) is 8.49. The van der Waals surface area contributed by atoms with E-state index in [9.17, 15) is 39.9 Å². The molecule has 0 bridgehead atoms. The Morgan fingerprint density at radius 1 is 1.26 bits per heavy atom. The van der Waals surface area contributed by atoms with E-state index in [2.05, 4.69) is 0 Å². The number of aromatic hydroxyl groups is 1. The Bertz CT molecular complexity index is 1260. The zero-order chi connectivity index (χ0) is 26.0. The summed E-state index contributed by atoms with van der Waals surface area (Å²) in [6.07, 6.45) is 1.59. The lowest BCUT2D eigenvalue weighted by atomic mass is 9.57. The van der Waals surface area contributed by atoms with Gasteiger partial charge in [0, 0.05) is 16.5 Å². The van der Waals surface area contributed by atoms with E-state index >= 15 is 0 Å². The van der Waals surface area contributed by atoms with Crippen LogP contribution in [0.4, 0.5) is 0 Å². The van der Waals surface area contributed by atoms with Crippen LogP contribution in [-0.4, -0.2) is 80.3 Å². The first-order valence-electron chi connectivity index (χ1n) is 10.8. The van der Waals surface area contributed by atoms with Gasteiger partial charge in [0.05, 0.1) is 18.2 Å². The molecule has 10 nitrogen and oxygen atoms in total. The van der Waals surface area contributed by atoms with Crippen LogP contribution in [0, 0.1) is 11.8 Å². The number of Topliss-reactive ketones (excluding diaryl/α,β-unsaturated/α-hetero) is 2. The number of aliphatic hydroxyl groups is 4. The summed E-state index contributed by atoms with van der Waals surface area (Å²) in [6, 6.07) is 1.68. The van der Waals surface area contributed by atoms with Gasteiger partial charge in [0.2, 0.25) is 5.78 Å². The average Bonchev–Trinajstić information content (AvgIpc) is 2.77. The van der Waals surface area contributed by atoms with Gasteiger partial charge in [-0.3, -0.25) is 19.3 Å². The summed E-state index contributed by atoms with van der Waals surface area (Å²) in [7, 11) is 3.07. The van der Waals surface area contributed by atoms with Gasteiger partial charge in [-0.15, -0.1) is 0 Å². The third-order valence-electron chi connectivity index (χ3n) is 7.10. The van der Waals surface area contributed by atoms with Crippen molar-refractivity contribution in [3.8, 4) is 5.75 Å². The second-order valence-corrected chi connectivity index (χ2v) is 9.72. The van der Waals surface area contributed by atoms with Gasteiger partial charge in [-0.2, -0.15) is 0 Å². The first kappa shape index (κ1) is 24.9. The number of nitrogens with two attached hydrogens (primary N) is 1. The number of benzene rings is 1. The molecule has 3 aliphatic rings. The van der Waals surface area contributed by atoms with Crippen molar-refractivity contribution in [1.82, 2.24) is 4.90 Å². The van der Waals surface area contributed by atoms with Crippen LogP contribution < -0.4 is 5.73 Å². The lowest BCUT2D eigenvalue weighted by Crippen LogP contribution is -2.65. The number of likely N-dealkylation sites (N-methyl/N-ethyl adjacent to an activating group) is 1. The van der Waals surface area contributed by atoms with Crippen LogP contribution in [0.1, 0.15) is 23.1 Å². The number of carbonyl (C=O) groups is 3. The predicted octanol–water partition coefficient (Wildman–Crippen LogP) is 0.536. The number of carbonyl (C=O) groups excluding carboxylic acids is 3. The van der Waals surface area contributed by atoms with Gasteiger partial charge < -0.3 is 31.3 Å². The number of halogens is 1. The van der Waals surface area contributed by atoms with Crippen molar-refractivity contribution < 1.29 is 39.9 Å². The predicted molar refractivity (Wildman–Crippen MR) is 125 cm³/mol. The fraction of sp³-hybridized carbons (Fsp3) is 0.375. The van der Waals surface area contributed by atoms with E-state index in [-0.39, 0.29) is 34.8 Å². The molecule has 35 heavy (non-hydrogen) atoms. The van der Waals surface area contributed by atoms with E-state index in [0.29, 0.717) is 11.1 Å². The topological polar surface area (TPSA) is 182 Å². The van der Waals surface area contributed by atoms with Crippen molar-refractivity contribution in [2.24, 2.45) is 17.6 Å². The molecule has 0 aliphatic heterocycles. The third kappa shape index (κ3) is 3.48. The molecular weight excluding hydrogens is 480 g/mol. The van der Waals surface area contributed by atoms with Crippen LogP contribution in [0.3, 0.4) is 0 Å². The van der Waals surface area contributed by atoms with Gasteiger partial charge in [0.15, 0.2) is 11.4 Å². The smallest absolute Gasteiger partial charge is 0.255 e. The zero-order valence-corrected chi connectivity index (χ0v) is 19.7. The van der Waals surface area contributed by atoms with Gasteiger partial charge in [-0.1, -0.05) is 17.7 Å². The highest BCUT2D eigenvalue weighted by molar-refractivity contribution is 6.31. The van der Waals surface area contributed by atoms with E-state index in [0.717, 1.165) is 0 Å². The molecule has 0 saturated heterocycles. The minimum Gasteiger partial charge on any atom is -0.508 e. The Morgan fingerprint density at radius 3 is 2.49 bits per heavy atom. The number of phenolic OH excluding ortho intramolecular Hbond substituents is 1. The van der Waals surface area contributed by atoms with Crippen LogP contribution in [-0.2, 0) is 20.8 Å². The number of fused-ring (bicyclic) bond motifs is 3. The molecule has 7 N–H and O–H groups in total. The number of aliphatic hydroxyl groups excluding tert-OH is 3. The zero-order valence-electron chi connectivity index (χ0n) is 18.9. The molecule has 0 spiro atoms. The van der Waals surface area contributed by atoms with Crippen molar-refractivity contribution >= 4 is 40.9 Å². The second-order valence-electron chi connectivity index (χ2n) is 9.24. The summed E-state index contributed by atoms with van der Waals surface area (Å²) in [6.45, 7) is -0.429. The number of amides is 1. The lowest BCUT2D eigenvalue weighted by Gasteiger charge is -2.50. The van der Waals surface area contributed by atoms with Crippen LogP contribution in [0.25, 0.3) is 11.8 Å².